The molecule has 10 heteroatoms. The molecule has 0 saturated carbocycles. The molecule has 0 radical (unpaired) electrons. The SMILES string of the molecule is COC(=O)c1ccccc1NC(=O)C(C)Sc1ccc(NC(=O)/C(=C/c2ccco2)NC(=O)c2ccccc2)cc1. The highest BCUT2D eigenvalue weighted by Crippen LogP contribution is 2.26. The van der Waals surface area contributed by atoms with Crippen molar-refractivity contribution in [3.8, 4) is 0 Å². The van der Waals surface area contributed by atoms with Gasteiger partial charge in [0.05, 0.1) is 29.9 Å². The Kier molecular flexibility index (Phi) is 9.74. The first-order valence-electron chi connectivity index (χ1n) is 12.5. The van der Waals surface area contributed by atoms with E-state index in [2.05, 4.69) is 16.0 Å². The Morgan fingerprint density at radius 2 is 1.56 bits per heavy atom. The lowest BCUT2D eigenvalue weighted by molar-refractivity contribution is -0.115. The maximum atomic E-state index is 13.1. The molecule has 41 heavy (non-hydrogen) atoms. The first-order chi connectivity index (χ1) is 19.8. The number of nitrogens with one attached hydrogen (secondary N) is 3. The maximum Gasteiger partial charge on any atom is 0.339 e. The van der Waals surface area contributed by atoms with Gasteiger partial charge in [0.2, 0.25) is 5.91 Å². The summed E-state index contributed by atoms with van der Waals surface area (Å²) in [4.78, 5) is 51.4. The highest BCUT2D eigenvalue weighted by molar-refractivity contribution is 8.00. The number of rotatable bonds is 10. The second-order valence-electron chi connectivity index (χ2n) is 8.66. The lowest BCUT2D eigenvalue weighted by Gasteiger charge is -2.14. The molecule has 0 spiro atoms. The quantitative estimate of drug-likeness (QED) is 0.129. The van der Waals surface area contributed by atoms with Crippen LogP contribution in [0.15, 0.2) is 112 Å². The Balaban J connectivity index is 1.40. The highest BCUT2D eigenvalue weighted by Gasteiger charge is 2.19. The van der Waals surface area contributed by atoms with Crippen LogP contribution in [0.1, 0.15) is 33.4 Å². The zero-order valence-electron chi connectivity index (χ0n) is 22.3. The van der Waals surface area contributed by atoms with E-state index in [0.717, 1.165) is 4.90 Å². The van der Waals surface area contributed by atoms with Crippen LogP contribution >= 0.6 is 11.8 Å². The van der Waals surface area contributed by atoms with E-state index >= 15 is 0 Å². The molecular formula is C31H27N3O6S. The maximum absolute atomic E-state index is 13.1. The van der Waals surface area contributed by atoms with Gasteiger partial charge in [0.15, 0.2) is 0 Å². The lowest BCUT2D eigenvalue weighted by Crippen LogP contribution is -2.30. The summed E-state index contributed by atoms with van der Waals surface area (Å²) in [5.74, 6) is -1.40. The molecule has 0 aliphatic carbocycles. The van der Waals surface area contributed by atoms with Gasteiger partial charge in [-0.05, 0) is 67.6 Å². The number of ether oxygens (including phenoxy) is 1. The van der Waals surface area contributed by atoms with E-state index in [1.54, 1.807) is 97.9 Å². The predicted molar refractivity (Wildman–Crippen MR) is 157 cm³/mol. The zero-order valence-corrected chi connectivity index (χ0v) is 23.1. The minimum atomic E-state index is -0.541. The molecule has 1 unspecified atom stereocenters. The fourth-order valence-electron chi connectivity index (χ4n) is 3.65. The summed E-state index contributed by atoms with van der Waals surface area (Å²) in [6, 6.07) is 25.4. The van der Waals surface area contributed by atoms with Gasteiger partial charge in [-0.1, -0.05) is 30.3 Å². The van der Waals surface area contributed by atoms with Gasteiger partial charge in [-0.15, -0.1) is 11.8 Å². The van der Waals surface area contributed by atoms with Gasteiger partial charge in [0, 0.05) is 22.2 Å². The summed E-state index contributed by atoms with van der Waals surface area (Å²) in [6.45, 7) is 1.75. The van der Waals surface area contributed by atoms with Crippen molar-refractivity contribution in [3.63, 3.8) is 0 Å². The van der Waals surface area contributed by atoms with Gasteiger partial charge in [0.25, 0.3) is 11.8 Å². The smallest absolute Gasteiger partial charge is 0.339 e. The third kappa shape index (κ3) is 7.96. The van der Waals surface area contributed by atoms with Gasteiger partial charge >= 0.3 is 5.97 Å². The van der Waals surface area contributed by atoms with Crippen LogP contribution in [0.3, 0.4) is 0 Å². The first kappa shape index (κ1) is 28.9. The number of anilines is 2. The molecule has 1 atom stereocenters. The summed E-state index contributed by atoms with van der Waals surface area (Å²) in [5.41, 5.74) is 1.53. The number of methoxy groups -OCH3 is 1. The van der Waals surface area contributed by atoms with Crippen LogP contribution < -0.4 is 16.0 Å². The van der Waals surface area contributed by atoms with E-state index in [0.29, 0.717) is 22.7 Å². The molecule has 3 N–H and O–H groups in total. The van der Waals surface area contributed by atoms with E-state index < -0.39 is 23.0 Å². The van der Waals surface area contributed by atoms with Crippen LogP contribution in [0.2, 0.25) is 0 Å². The molecule has 4 aromatic rings. The molecule has 1 aromatic heterocycles. The Morgan fingerprint density at radius 1 is 0.854 bits per heavy atom. The summed E-state index contributed by atoms with van der Waals surface area (Å²) in [6.07, 6.45) is 2.91. The molecule has 0 saturated heterocycles. The van der Waals surface area contributed by atoms with E-state index in [4.69, 9.17) is 9.15 Å². The molecule has 1 heterocycles. The standard InChI is InChI=1S/C31H27N3O6S/c1-20(28(35)33-26-13-7-6-12-25(26)31(38)39-2)41-24-16-14-22(15-17-24)32-30(37)27(19-23-11-8-18-40-23)34-29(36)21-9-4-3-5-10-21/h3-20H,1-2H3,(H,32,37)(H,33,35)(H,34,36)/b27-19-. The fourth-order valence-corrected chi connectivity index (χ4v) is 4.51. The molecule has 0 aliphatic heterocycles. The molecule has 3 aromatic carbocycles. The monoisotopic (exact) mass is 569 g/mol. The number of amides is 3. The van der Waals surface area contributed by atoms with Gasteiger partial charge in [-0.3, -0.25) is 14.4 Å². The Hall–Kier alpha value is -5.09. The molecular weight excluding hydrogens is 542 g/mol. The molecule has 208 valence electrons. The summed E-state index contributed by atoms with van der Waals surface area (Å²) >= 11 is 1.31. The third-order valence-corrected chi connectivity index (χ3v) is 6.86. The minimum Gasteiger partial charge on any atom is -0.465 e. The number of carbonyl (C=O) groups excluding carboxylic acids is 4. The number of para-hydroxylation sites is 1. The highest BCUT2D eigenvalue weighted by atomic mass is 32.2. The van der Waals surface area contributed by atoms with Crippen molar-refractivity contribution in [2.45, 2.75) is 17.1 Å². The molecule has 4 rings (SSSR count). The van der Waals surface area contributed by atoms with Crippen molar-refractivity contribution >= 4 is 52.9 Å². The van der Waals surface area contributed by atoms with E-state index in [1.165, 1.54) is 31.2 Å². The molecule has 3 amide bonds. The molecule has 0 aliphatic rings. The lowest BCUT2D eigenvalue weighted by atomic mass is 10.2. The Morgan fingerprint density at radius 3 is 2.24 bits per heavy atom. The van der Waals surface area contributed by atoms with E-state index in [9.17, 15) is 19.2 Å². The molecule has 9 nitrogen and oxygen atoms in total. The van der Waals surface area contributed by atoms with Crippen molar-refractivity contribution in [1.29, 1.82) is 0 Å². The van der Waals surface area contributed by atoms with Crippen molar-refractivity contribution < 1.29 is 28.3 Å². The Bertz CT molecular complexity index is 1550. The number of furan rings is 1. The van der Waals surface area contributed by atoms with E-state index in [1.807, 2.05) is 0 Å². The number of benzene rings is 3. The predicted octanol–water partition coefficient (Wildman–Crippen LogP) is 5.60. The average Bonchev–Trinajstić information content (AvgIpc) is 3.51. The van der Waals surface area contributed by atoms with Gasteiger partial charge in [0.1, 0.15) is 11.5 Å². The zero-order chi connectivity index (χ0) is 29.2. The Labute approximate surface area is 241 Å². The van der Waals surface area contributed by atoms with Crippen LogP contribution in [0.5, 0.6) is 0 Å². The fraction of sp³-hybridized carbons (Fsp3) is 0.0968. The molecule has 0 fully saturated rings. The number of hydrogen-bond donors (Lipinski definition) is 3. The van der Waals surface area contributed by atoms with Gasteiger partial charge in [-0.25, -0.2) is 4.79 Å². The normalized spacial score (nSPS) is 11.7. The first-order valence-corrected chi connectivity index (χ1v) is 13.4. The second kappa shape index (κ2) is 13.8. The summed E-state index contributed by atoms with van der Waals surface area (Å²) in [7, 11) is 1.28. The number of esters is 1. The van der Waals surface area contributed by atoms with Crippen molar-refractivity contribution in [2.75, 3.05) is 17.7 Å². The topological polar surface area (TPSA) is 127 Å². The largest absolute Gasteiger partial charge is 0.465 e. The van der Waals surface area contributed by atoms with Crippen molar-refractivity contribution in [1.82, 2.24) is 5.32 Å². The van der Waals surface area contributed by atoms with Crippen molar-refractivity contribution in [2.24, 2.45) is 0 Å². The van der Waals surface area contributed by atoms with Crippen LogP contribution in [0.4, 0.5) is 11.4 Å². The minimum absolute atomic E-state index is 0.00443. The van der Waals surface area contributed by atoms with Crippen LogP contribution in [0, 0.1) is 0 Å². The third-order valence-electron chi connectivity index (χ3n) is 5.74. The molecule has 0 bridgehead atoms. The van der Waals surface area contributed by atoms with Crippen molar-refractivity contribution in [3.05, 3.63) is 120 Å². The average molecular weight is 570 g/mol. The number of thioether (sulfide) groups is 1. The van der Waals surface area contributed by atoms with Gasteiger partial charge in [-0.2, -0.15) is 0 Å². The summed E-state index contributed by atoms with van der Waals surface area (Å²) < 4.78 is 10.1. The summed E-state index contributed by atoms with van der Waals surface area (Å²) in [5, 5.41) is 7.71. The van der Waals surface area contributed by atoms with Crippen LogP contribution in [-0.4, -0.2) is 36.1 Å². The van der Waals surface area contributed by atoms with Gasteiger partial charge < -0.3 is 25.1 Å². The van der Waals surface area contributed by atoms with E-state index in [-0.39, 0.29) is 17.2 Å². The number of carbonyl (C=O) groups is 4. The second-order valence-corrected chi connectivity index (χ2v) is 10.1. The van der Waals surface area contributed by atoms with Crippen LogP contribution in [0.25, 0.3) is 6.08 Å². The van der Waals surface area contributed by atoms with Crippen LogP contribution in [-0.2, 0) is 14.3 Å². The number of hydrogen-bond acceptors (Lipinski definition) is 7.